The van der Waals surface area contributed by atoms with Crippen LogP contribution in [0.1, 0.15) is 6.92 Å². The summed E-state index contributed by atoms with van der Waals surface area (Å²) < 4.78 is 23.1. The first kappa shape index (κ1) is 10.3. The summed E-state index contributed by atoms with van der Waals surface area (Å²) in [6.45, 7) is 1.56. The van der Waals surface area contributed by atoms with E-state index >= 15 is 0 Å². The normalized spacial score (nSPS) is 12.2. The summed E-state index contributed by atoms with van der Waals surface area (Å²) in [5.74, 6) is -0.0969. The summed E-state index contributed by atoms with van der Waals surface area (Å²) in [4.78, 5) is 10.3. The Labute approximate surface area is 66.3 Å². The molecule has 4 nitrogen and oxygen atoms in total. The van der Waals surface area contributed by atoms with E-state index in [1.54, 1.807) is 0 Å². The standard InChI is InChI=1S/C6H11NO3S/c1-6(8)4-3-5-7-11(2,9)10/h3-4,7H,5H2,1-2H3/b4-3+. The third kappa shape index (κ3) is 9.32. The third-order valence-electron chi connectivity index (χ3n) is 0.816. The van der Waals surface area contributed by atoms with Crippen LogP contribution in [0.4, 0.5) is 0 Å². The van der Waals surface area contributed by atoms with Gasteiger partial charge in [0.2, 0.25) is 10.0 Å². The Morgan fingerprint density at radius 3 is 2.45 bits per heavy atom. The quantitative estimate of drug-likeness (QED) is 0.599. The fourth-order valence-electron chi connectivity index (χ4n) is 0.424. The molecular formula is C6H11NO3S. The minimum Gasteiger partial charge on any atom is -0.295 e. The Kier molecular flexibility index (Phi) is 3.99. The van der Waals surface area contributed by atoms with Crippen molar-refractivity contribution in [3.8, 4) is 0 Å². The molecule has 0 spiro atoms. The first-order chi connectivity index (χ1) is 4.92. The number of hydrogen-bond donors (Lipinski definition) is 1. The van der Waals surface area contributed by atoms with Crippen LogP contribution in [0.15, 0.2) is 12.2 Å². The van der Waals surface area contributed by atoms with Gasteiger partial charge in [0.1, 0.15) is 0 Å². The molecule has 0 rings (SSSR count). The summed E-state index contributed by atoms with van der Waals surface area (Å²) >= 11 is 0. The summed E-state index contributed by atoms with van der Waals surface area (Å²) in [6.07, 6.45) is 3.84. The lowest BCUT2D eigenvalue weighted by molar-refractivity contribution is -0.112. The van der Waals surface area contributed by atoms with E-state index < -0.39 is 10.0 Å². The lowest BCUT2D eigenvalue weighted by Crippen LogP contribution is -2.21. The van der Waals surface area contributed by atoms with E-state index in [2.05, 4.69) is 4.72 Å². The van der Waals surface area contributed by atoms with Gasteiger partial charge in [-0.25, -0.2) is 13.1 Å². The number of sulfonamides is 1. The van der Waals surface area contributed by atoms with Crippen LogP contribution in [0.25, 0.3) is 0 Å². The summed E-state index contributed by atoms with van der Waals surface area (Å²) in [5.41, 5.74) is 0. The van der Waals surface area contributed by atoms with Crippen LogP contribution in [0.3, 0.4) is 0 Å². The van der Waals surface area contributed by atoms with E-state index in [0.29, 0.717) is 0 Å². The molecule has 64 valence electrons. The average Bonchev–Trinajstić information content (AvgIpc) is 1.78. The van der Waals surface area contributed by atoms with Crippen LogP contribution >= 0.6 is 0 Å². The summed E-state index contributed by atoms with van der Waals surface area (Å²) in [7, 11) is -3.13. The Bertz CT molecular complexity index is 253. The Balaban J connectivity index is 3.68. The van der Waals surface area contributed by atoms with Crippen LogP contribution < -0.4 is 4.72 Å². The number of rotatable bonds is 4. The molecule has 1 N–H and O–H groups in total. The van der Waals surface area contributed by atoms with Crippen LogP contribution in [-0.4, -0.2) is 27.0 Å². The summed E-state index contributed by atoms with van der Waals surface area (Å²) in [6, 6.07) is 0. The van der Waals surface area contributed by atoms with Crippen molar-refractivity contribution in [1.29, 1.82) is 0 Å². The fraction of sp³-hybridized carbons (Fsp3) is 0.500. The highest BCUT2D eigenvalue weighted by atomic mass is 32.2. The van der Waals surface area contributed by atoms with Crippen molar-refractivity contribution < 1.29 is 13.2 Å². The molecule has 0 unspecified atom stereocenters. The van der Waals surface area contributed by atoms with E-state index in [1.165, 1.54) is 19.1 Å². The second kappa shape index (κ2) is 4.25. The van der Waals surface area contributed by atoms with Crippen LogP contribution in [0.2, 0.25) is 0 Å². The molecule has 0 bridgehead atoms. The topological polar surface area (TPSA) is 63.2 Å². The lowest BCUT2D eigenvalue weighted by Gasteiger charge is -1.94. The van der Waals surface area contributed by atoms with E-state index in [-0.39, 0.29) is 12.3 Å². The van der Waals surface area contributed by atoms with Crippen molar-refractivity contribution in [3.05, 3.63) is 12.2 Å². The SMILES string of the molecule is CC(=O)/C=C/CNS(C)(=O)=O. The van der Waals surface area contributed by atoms with Gasteiger partial charge in [0.25, 0.3) is 0 Å². The Hall–Kier alpha value is -0.680. The van der Waals surface area contributed by atoms with Gasteiger partial charge in [-0.1, -0.05) is 6.08 Å². The monoisotopic (exact) mass is 177 g/mol. The molecule has 0 amide bonds. The highest BCUT2D eigenvalue weighted by Crippen LogP contribution is 1.76. The van der Waals surface area contributed by atoms with Gasteiger partial charge in [0.05, 0.1) is 6.26 Å². The smallest absolute Gasteiger partial charge is 0.208 e. The molecule has 0 aliphatic heterocycles. The van der Waals surface area contributed by atoms with Gasteiger partial charge in [-0.15, -0.1) is 0 Å². The molecule has 0 aromatic rings. The number of allylic oxidation sites excluding steroid dienone is 1. The molecule has 0 aromatic carbocycles. The van der Waals surface area contributed by atoms with Crippen molar-refractivity contribution >= 4 is 15.8 Å². The third-order valence-corrected chi connectivity index (χ3v) is 1.51. The molecule has 11 heavy (non-hydrogen) atoms. The molecule has 0 saturated heterocycles. The van der Waals surface area contributed by atoms with Gasteiger partial charge in [0, 0.05) is 6.54 Å². The van der Waals surface area contributed by atoms with Crippen molar-refractivity contribution in [2.45, 2.75) is 6.92 Å². The predicted molar refractivity (Wildman–Crippen MR) is 42.7 cm³/mol. The lowest BCUT2D eigenvalue weighted by atomic mass is 10.4. The van der Waals surface area contributed by atoms with E-state index in [9.17, 15) is 13.2 Å². The summed E-state index contributed by atoms with van der Waals surface area (Å²) in [5, 5.41) is 0. The van der Waals surface area contributed by atoms with Crippen molar-refractivity contribution in [3.63, 3.8) is 0 Å². The molecule has 0 aliphatic carbocycles. The minimum absolute atomic E-state index is 0.0969. The fourth-order valence-corrected chi connectivity index (χ4v) is 0.823. The zero-order valence-corrected chi connectivity index (χ0v) is 7.31. The molecule has 0 radical (unpaired) electrons. The maximum absolute atomic E-state index is 10.4. The van der Waals surface area contributed by atoms with Gasteiger partial charge in [-0.3, -0.25) is 4.79 Å². The molecule has 0 aliphatic rings. The first-order valence-electron chi connectivity index (χ1n) is 3.03. The molecule has 0 aromatic heterocycles. The largest absolute Gasteiger partial charge is 0.295 e. The minimum atomic E-state index is -3.13. The molecule has 0 saturated carbocycles. The number of hydrogen-bond acceptors (Lipinski definition) is 3. The number of carbonyl (C=O) groups is 1. The molecular weight excluding hydrogens is 166 g/mol. The number of nitrogens with one attached hydrogen (secondary N) is 1. The second-order valence-corrected chi connectivity index (χ2v) is 3.97. The van der Waals surface area contributed by atoms with Crippen molar-refractivity contribution in [2.24, 2.45) is 0 Å². The maximum Gasteiger partial charge on any atom is 0.208 e. The van der Waals surface area contributed by atoms with Crippen molar-refractivity contribution in [1.82, 2.24) is 4.72 Å². The van der Waals surface area contributed by atoms with E-state index in [0.717, 1.165) is 6.26 Å². The highest BCUT2D eigenvalue weighted by Gasteiger charge is 1.95. The van der Waals surface area contributed by atoms with Gasteiger partial charge >= 0.3 is 0 Å². The number of carbonyl (C=O) groups excluding carboxylic acids is 1. The van der Waals surface area contributed by atoms with Crippen LogP contribution in [-0.2, 0) is 14.8 Å². The van der Waals surface area contributed by atoms with E-state index in [1.807, 2.05) is 0 Å². The Morgan fingerprint density at radius 1 is 1.55 bits per heavy atom. The van der Waals surface area contributed by atoms with Gasteiger partial charge in [-0.05, 0) is 13.0 Å². The second-order valence-electron chi connectivity index (χ2n) is 2.13. The Morgan fingerprint density at radius 2 is 2.09 bits per heavy atom. The van der Waals surface area contributed by atoms with Crippen LogP contribution in [0.5, 0.6) is 0 Å². The van der Waals surface area contributed by atoms with Crippen LogP contribution in [0, 0.1) is 0 Å². The van der Waals surface area contributed by atoms with Gasteiger partial charge < -0.3 is 0 Å². The zero-order chi connectivity index (χ0) is 8.91. The highest BCUT2D eigenvalue weighted by molar-refractivity contribution is 7.88. The van der Waals surface area contributed by atoms with Gasteiger partial charge in [-0.2, -0.15) is 0 Å². The van der Waals surface area contributed by atoms with E-state index in [4.69, 9.17) is 0 Å². The van der Waals surface area contributed by atoms with Crippen molar-refractivity contribution in [2.75, 3.05) is 12.8 Å². The molecule has 0 fully saturated rings. The molecule has 0 heterocycles. The predicted octanol–water partition coefficient (Wildman–Crippen LogP) is -0.319. The average molecular weight is 177 g/mol. The molecule has 0 atom stereocenters. The number of ketones is 1. The van der Waals surface area contributed by atoms with Gasteiger partial charge in [0.15, 0.2) is 5.78 Å². The zero-order valence-electron chi connectivity index (χ0n) is 6.49. The molecule has 5 heteroatoms. The maximum atomic E-state index is 10.4. The first-order valence-corrected chi connectivity index (χ1v) is 4.93.